The molecule has 0 saturated carbocycles. The molecule has 0 bridgehead atoms. The van der Waals surface area contributed by atoms with E-state index in [4.69, 9.17) is 0 Å². The van der Waals surface area contributed by atoms with Crippen LogP contribution in [-0.4, -0.2) is 20.4 Å². The van der Waals surface area contributed by atoms with Crippen molar-refractivity contribution in [2.24, 2.45) is 0 Å². The van der Waals surface area contributed by atoms with Gasteiger partial charge in [-0.15, -0.1) is 20.4 Å². The second kappa shape index (κ2) is 8.20. The van der Waals surface area contributed by atoms with Gasteiger partial charge in [-0.25, -0.2) is 0 Å². The van der Waals surface area contributed by atoms with Gasteiger partial charge in [-0.3, -0.25) is 0 Å². The second-order valence-corrected chi connectivity index (χ2v) is 9.56. The van der Waals surface area contributed by atoms with Gasteiger partial charge in [0.2, 0.25) is 0 Å². The topological polar surface area (TPSA) is 51.6 Å². The minimum absolute atomic E-state index is 0.989. The highest BCUT2D eigenvalue weighted by Crippen LogP contribution is 2.34. The van der Waals surface area contributed by atoms with Crippen molar-refractivity contribution < 1.29 is 0 Å². The molecular formula is C24H22N4S2. The number of aryl methyl sites for hydroxylation is 2. The van der Waals surface area contributed by atoms with E-state index in [1.54, 1.807) is 22.7 Å². The van der Waals surface area contributed by atoms with Crippen LogP contribution in [0.1, 0.15) is 36.7 Å². The van der Waals surface area contributed by atoms with Crippen molar-refractivity contribution in [2.45, 2.75) is 39.5 Å². The van der Waals surface area contributed by atoms with Crippen LogP contribution < -0.4 is 0 Å². The highest BCUT2D eigenvalue weighted by Gasteiger charge is 2.11. The fourth-order valence-corrected chi connectivity index (χ4v) is 5.57. The molecule has 0 amide bonds. The van der Waals surface area contributed by atoms with Crippen LogP contribution in [0, 0.1) is 0 Å². The van der Waals surface area contributed by atoms with Crippen LogP contribution in [0.25, 0.3) is 42.7 Å². The molecule has 0 spiro atoms. The van der Waals surface area contributed by atoms with Gasteiger partial charge in [0.25, 0.3) is 0 Å². The van der Waals surface area contributed by atoms with Gasteiger partial charge in [0, 0.05) is 24.0 Å². The molecule has 0 aliphatic carbocycles. The fraction of sp³-hybridized carbons (Fsp3) is 0.250. The van der Waals surface area contributed by atoms with Crippen LogP contribution in [-0.2, 0) is 12.8 Å². The summed E-state index contributed by atoms with van der Waals surface area (Å²) >= 11 is 3.39. The van der Waals surface area contributed by atoms with Crippen LogP contribution in [0.3, 0.4) is 0 Å². The molecule has 30 heavy (non-hydrogen) atoms. The third-order valence-electron chi connectivity index (χ3n) is 5.19. The number of benzene rings is 3. The Kier molecular flexibility index (Phi) is 5.27. The largest absolute Gasteiger partial charge is 0.147 e. The normalized spacial score (nSPS) is 11.5. The van der Waals surface area contributed by atoms with E-state index in [1.165, 1.54) is 21.5 Å². The predicted molar refractivity (Wildman–Crippen MR) is 127 cm³/mol. The first-order valence-electron chi connectivity index (χ1n) is 10.4. The van der Waals surface area contributed by atoms with Crippen LogP contribution in [0.5, 0.6) is 0 Å². The van der Waals surface area contributed by atoms with Crippen molar-refractivity contribution in [1.82, 2.24) is 20.4 Å². The highest BCUT2D eigenvalue weighted by atomic mass is 32.1. The number of fused-ring (bicyclic) bond motifs is 3. The summed E-state index contributed by atoms with van der Waals surface area (Å²) in [5.74, 6) is 0. The van der Waals surface area contributed by atoms with E-state index >= 15 is 0 Å². The SMILES string of the molecule is CCCc1nnc(-c2ccc3c(ccc4ccc(-c5nnc(CCC)s5)cc43)c2)s1. The molecule has 2 heterocycles. The summed E-state index contributed by atoms with van der Waals surface area (Å²) in [5.41, 5.74) is 2.26. The first kappa shape index (κ1) is 19.3. The number of hydrogen-bond acceptors (Lipinski definition) is 6. The molecule has 5 rings (SSSR count). The van der Waals surface area contributed by atoms with Crippen LogP contribution in [0.2, 0.25) is 0 Å². The summed E-state index contributed by atoms with van der Waals surface area (Å²) in [4.78, 5) is 0. The van der Waals surface area contributed by atoms with E-state index in [1.807, 2.05) is 0 Å². The van der Waals surface area contributed by atoms with E-state index in [9.17, 15) is 0 Å². The van der Waals surface area contributed by atoms with Crippen molar-refractivity contribution in [3.05, 3.63) is 58.5 Å². The molecule has 150 valence electrons. The van der Waals surface area contributed by atoms with Gasteiger partial charge in [0.15, 0.2) is 0 Å². The monoisotopic (exact) mass is 430 g/mol. The molecule has 2 aromatic heterocycles. The lowest BCUT2D eigenvalue weighted by atomic mass is 9.99. The maximum absolute atomic E-state index is 4.42. The molecule has 0 unspecified atom stereocenters. The highest BCUT2D eigenvalue weighted by molar-refractivity contribution is 7.15. The molecule has 0 aliphatic heterocycles. The lowest BCUT2D eigenvalue weighted by Crippen LogP contribution is -1.83. The molecule has 0 saturated heterocycles. The average Bonchev–Trinajstić information content (AvgIpc) is 3.43. The predicted octanol–water partition coefficient (Wildman–Crippen LogP) is 6.94. The molecule has 0 atom stereocenters. The van der Waals surface area contributed by atoms with Gasteiger partial charge in [-0.05, 0) is 46.5 Å². The maximum Gasteiger partial charge on any atom is 0.147 e. The Labute approximate surface area is 183 Å². The lowest BCUT2D eigenvalue weighted by Gasteiger charge is -2.07. The van der Waals surface area contributed by atoms with E-state index in [-0.39, 0.29) is 0 Å². The molecule has 4 nitrogen and oxygen atoms in total. The standard InChI is InChI=1S/C24H22N4S2/c1-3-5-21-25-27-23(29-21)17-11-12-19-16(13-17)9-7-15-8-10-18(14-20(15)19)24-28-26-22(30-24)6-4-2/h7-14H,3-6H2,1-2H3. The Morgan fingerprint density at radius 3 is 1.83 bits per heavy atom. The van der Waals surface area contributed by atoms with Gasteiger partial charge in [-0.2, -0.15) is 0 Å². The molecular weight excluding hydrogens is 408 g/mol. The van der Waals surface area contributed by atoms with Gasteiger partial charge in [0.1, 0.15) is 20.0 Å². The Morgan fingerprint density at radius 2 is 1.17 bits per heavy atom. The first-order chi connectivity index (χ1) is 14.7. The van der Waals surface area contributed by atoms with Crippen molar-refractivity contribution >= 4 is 44.2 Å². The van der Waals surface area contributed by atoms with Crippen molar-refractivity contribution in [1.29, 1.82) is 0 Å². The fourth-order valence-electron chi connectivity index (χ4n) is 3.70. The number of hydrogen-bond donors (Lipinski definition) is 0. The van der Waals surface area contributed by atoms with Gasteiger partial charge < -0.3 is 0 Å². The van der Waals surface area contributed by atoms with E-state index in [0.29, 0.717) is 0 Å². The minimum atomic E-state index is 0.989. The third-order valence-corrected chi connectivity index (χ3v) is 7.26. The van der Waals surface area contributed by atoms with E-state index < -0.39 is 0 Å². The zero-order valence-electron chi connectivity index (χ0n) is 17.1. The van der Waals surface area contributed by atoms with Crippen LogP contribution in [0.4, 0.5) is 0 Å². The average molecular weight is 431 g/mol. The number of rotatable bonds is 6. The number of aromatic nitrogens is 4. The van der Waals surface area contributed by atoms with E-state index in [2.05, 4.69) is 82.8 Å². The Bertz CT molecular complexity index is 1340. The Morgan fingerprint density at radius 1 is 0.600 bits per heavy atom. The lowest BCUT2D eigenvalue weighted by molar-refractivity contribution is 0.879. The zero-order valence-corrected chi connectivity index (χ0v) is 18.7. The Balaban J connectivity index is 1.57. The van der Waals surface area contributed by atoms with Crippen LogP contribution >= 0.6 is 22.7 Å². The quantitative estimate of drug-likeness (QED) is 0.274. The summed E-state index contributed by atoms with van der Waals surface area (Å²) in [5, 5.41) is 26.6. The number of nitrogens with zero attached hydrogens (tertiary/aromatic N) is 4. The van der Waals surface area contributed by atoms with Gasteiger partial charge in [-0.1, -0.05) is 72.9 Å². The minimum Gasteiger partial charge on any atom is -0.143 e. The Hall–Kier alpha value is -2.70. The second-order valence-electron chi connectivity index (χ2n) is 7.44. The molecule has 3 aromatic carbocycles. The third kappa shape index (κ3) is 3.61. The molecule has 0 N–H and O–H groups in total. The van der Waals surface area contributed by atoms with Crippen molar-refractivity contribution in [3.63, 3.8) is 0 Å². The summed E-state index contributed by atoms with van der Waals surface area (Å²) in [6, 6.07) is 17.6. The van der Waals surface area contributed by atoms with Crippen LogP contribution in [0.15, 0.2) is 48.5 Å². The summed E-state index contributed by atoms with van der Waals surface area (Å²) in [6.07, 6.45) is 4.16. The van der Waals surface area contributed by atoms with Gasteiger partial charge in [0.05, 0.1) is 0 Å². The van der Waals surface area contributed by atoms with Gasteiger partial charge >= 0.3 is 0 Å². The smallest absolute Gasteiger partial charge is 0.143 e. The summed E-state index contributed by atoms with van der Waals surface area (Å²) in [7, 11) is 0. The molecule has 0 fully saturated rings. The first-order valence-corrected chi connectivity index (χ1v) is 12.0. The summed E-state index contributed by atoms with van der Waals surface area (Å²) < 4.78 is 0. The zero-order chi connectivity index (χ0) is 20.5. The maximum atomic E-state index is 4.42. The van der Waals surface area contributed by atoms with Crippen molar-refractivity contribution in [3.8, 4) is 21.1 Å². The van der Waals surface area contributed by atoms with Crippen molar-refractivity contribution in [2.75, 3.05) is 0 Å². The summed E-state index contributed by atoms with van der Waals surface area (Å²) in [6.45, 7) is 4.34. The molecule has 0 radical (unpaired) electrons. The molecule has 0 aliphatic rings. The van der Waals surface area contributed by atoms with E-state index in [0.717, 1.165) is 56.8 Å². The molecule has 5 aromatic rings. The molecule has 6 heteroatoms.